The maximum Gasteiger partial charge on any atom is 0.118 e. The van der Waals surface area contributed by atoms with E-state index in [-0.39, 0.29) is 6.42 Å². The molecule has 0 radical (unpaired) electrons. The van der Waals surface area contributed by atoms with Crippen LogP contribution in [0.5, 0.6) is 0 Å². The molecule has 2 aromatic carbocycles. The fourth-order valence-corrected chi connectivity index (χ4v) is 3.22. The van der Waals surface area contributed by atoms with Gasteiger partial charge in [0, 0.05) is 19.0 Å². The van der Waals surface area contributed by atoms with Gasteiger partial charge in [-0.3, -0.25) is 0 Å². The quantitative estimate of drug-likeness (QED) is 0.731. The van der Waals surface area contributed by atoms with Crippen LogP contribution in [0, 0.1) is 13.8 Å². The van der Waals surface area contributed by atoms with Gasteiger partial charge in [0.15, 0.2) is 0 Å². The van der Waals surface area contributed by atoms with Crippen molar-refractivity contribution in [1.29, 1.82) is 0 Å². The van der Waals surface area contributed by atoms with Crippen LogP contribution in [0.4, 0.5) is 0 Å². The van der Waals surface area contributed by atoms with Gasteiger partial charge >= 0.3 is 0 Å². The molecule has 24 heavy (non-hydrogen) atoms. The summed E-state index contributed by atoms with van der Waals surface area (Å²) in [5.41, 5.74) is 2.53. The summed E-state index contributed by atoms with van der Waals surface area (Å²) in [7, 11) is 0. The van der Waals surface area contributed by atoms with E-state index in [2.05, 4.69) is 5.32 Å². The van der Waals surface area contributed by atoms with Crippen LogP contribution >= 0.6 is 0 Å². The molecule has 0 aromatic heterocycles. The maximum absolute atomic E-state index is 11.7. The Balaban J connectivity index is 2.43. The number of nitrogens with one attached hydrogen (secondary N) is 1. The zero-order valence-corrected chi connectivity index (χ0v) is 15.1. The minimum Gasteiger partial charge on any atom is -0.392 e. The zero-order valence-electron chi connectivity index (χ0n) is 15.1. The molecule has 3 nitrogen and oxygen atoms in total. The molecule has 3 N–H and O–H groups in total. The second kappa shape index (κ2) is 7.93. The van der Waals surface area contributed by atoms with E-state index in [1.807, 2.05) is 76.2 Å². The Morgan fingerprint density at radius 1 is 0.917 bits per heavy atom. The second-order valence-corrected chi connectivity index (χ2v) is 6.91. The molecular weight excluding hydrogens is 298 g/mol. The highest BCUT2D eigenvalue weighted by molar-refractivity contribution is 5.43. The third-order valence-corrected chi connectivity index (χ3v) is 4.47. The highest BCUT2D eigenvalue weighted by Gasteiger charge is 2.36. The van der Waals surface area contributed by atoms with E-state index in [4.69, 9.17) is 0 Å². The van der Waals surface area contributed by atoms with Crippen LogP contribution < -0.4 is 5.32 Å². The number of benzene rings is 2. The Hall–Kier alpha value is -1.68. The molecule has 0 bridgehead atoms. The van der Waals surface area contributed by atoms with Crippen molar-refractivity contribution in [2.75, 3.05) is 6.54 Å². The molecule has 0 spiro atoms. The topological polar surface area (TPSA) is 52.5 Å². The molecule has 3 heteroatoms. The largest absolute Gasteiger partial charge is 0.392 e. The molecule has 0 fully saturated rings. The van der Waals surface area contributed by atoms with Crippen LogP contribution in [0.3, 0.4) is 0 Å². The normalized spacial score (nSPS) is 13.3. The number of hydrogen-bond acceptors (Lipinski definition) is 3. The second-order valence-electron chi connectivity index (χ2n) is 6.91. The van der Waals surface area contributed by atoms with Crippen LogP contribution in [0.2, 0.25) is 0 Å². The highest BCUT2D eigenvalue weighted by atomic mass is 16.3. The van der Waals surface area contributed by atoms with E-state index in [0.717, 1.165) is 22.3 Å². The number of rotatable bonds is 7. The minimum absolute atomic E-state index is 0.252. The summed E-state index contributed by atoms with van der Waals surface area (Å²) in [5.74, 6) is 0. The lowest BCUT2D eigenvalue weighted by molar-refractivity contribution is 0.0164. The lowest BCUT2D eigenvalue weighted by Crippen LogP contribution is -2.39. The van der Waals surface area contributed by atoms with Crippen molar-refractivity contribution in [2.45, 2.75) is 51.9 Å². The van der Waals surface area contributed by atoms with Crippen LogP contribution in [0.25, 0.3) is 0 Å². The lowest BCUT2D eigenvalue weighted by atomic mass is 9.78. The maximum atomic E-state index is 11.7. The van der Waals surface area contributed by atoms with E-state index in [9.17, 15) is 10.2 Å². The van der Waals surface area contributed by atoms with Crippen molar-refractivity contribution < 1.29 is 10.2 Å². The van der Waals surface area contributed by atoms with Crippen molar-refractivity contribution in [3.63, 3.8) is 0 Å². The molecule has 1 unspecified atom stereocenters. The Bertz CT molecular complexity index is 621. The molecule has 0 aliphatic heterocycles. The molecule has 2 aromatic rings. The van der Waals surface area contributed by atoms with E-state index in [1.165, 1.54) is 0 Å². The first-order valence-corrected chi connectivity index (χ1v) is 8.60. The monoisotopic (exact) mass is 327 g/mol. The fourth-order valence-electron chi connectivity index (χ4n) is 3.22. The van der Waals surface area contributed by atoms with Gasteiger partial charge in [0.05, 0.1) is 6.10 Å². The van der Waals surface area contributed by atoms with Crippen LogP contribution in [-0.2, 0) is 5.60 Å². The van der Waals surface area contributed by atoms with Crippen molar-refractivity contribution in [3.05, 3.63) is 70.8 Å². The third kappa shape index (κ3) is 4.23. The average molecular weight is 327 g/mol. The summed E-state index contributed by atoms with van der Waals surface area (Å²) in [6.45, 7) is 8.54. The van der Waals surface area contributed by atoms with Gasteiger partial charge in [0.1, 0.15) is 5.60 Å². The Morgan fingerprint density at radius 2 is 1.38 bits per heavy atom. The van der Waals surface area contributed by atoms with Crippen LogP contribution in [0.1, 0.15) is 42.5 Å². The number of hydrogen-bond donors (Lipinski definition) is 3. The summed E-state index contributed by atoms with van der Waals surface area (Å²) >= 11 is 0. The predicted molar refractivity (Wildman–Crippen MR) is 99.1 cm³/mol. The summed E-state index contributed by atoms with van der Waals surface area (Å²) in [5, 5.41) is 25.4. The minimum atomic E-state index is -1.21. The van der Waals surface area contributed by atoms with E-state index in [1.54, 1.807) is 0 Å². The van der Waals surface area contributed by atoms with Crippen LogP contribution in [-0.4, -0.2) is 28.9 Å². The Labute approximate surface area is 145 Å². The first kappa shape index (κ1) is 18.7. The molecule has 0 saturated carbocycles. The average Bonchev–Trinajstić information content (AvgIpc) is 2.53. The molecule has 0 amide bonds. The standard InChI is InChI=1S/C21H29NO2/c1-15(2)22-14-18(23)13-21(24,19-11-7-5-9-16(19)3)20-12-8-6-10-17(20)4/h5-12,15,18,22-24H,13-14H2,1-4H3. The smallest absolute Gasteiger partial charge is 0.118 e. The molecule has 1 atom stereocenters. The van der Waals surface area contributed by atoms with Crippen molar-refractivity contribution in [2.24, 2.45) is 0 Å². The summed E-state index contributed by atoms with van der Waals surface area (Å²) < 4.78 is 0. The molecular formula is C21H29NO2. The molecule has 0 saturated heterocycles. The molecule has 130 valence electrons. The first-order chi connectivity index (χ1) is 11.3. The van der Waals surface area contributed by atoms with Gasteiger partial charge in [-0.15, -0.1) is 0 Å². The predicted octanol–water partition coefficient (Wildman–Crippen LogP) is 3.29. The summed E-state index contributed by atoms with van der Waals surface area (Å²) in [6, 6.07) is 16.0. The van der Waals surface area contributed by atoms with Crippen molar-refractivity contribution in [1.82, 2.24) is 5.32 Å². The lowest BCUT2D eigenvalue weighted by Gasteiger charge is -2.34. The van der Waals surface area contributed by atoms with Gasteiger partial charge in [-0.1, -0.05) is 62.4 Å². The van der Waals surface area contributed by atoms with Crippen LogP contribution in [0.15, 0.2) is 48.5 Å². The number of aliphatic hydroxyl groups excluding tert-OH is 1. The van der Waals surface area contributed by atoms with Gasteiger partial charge in [-0.25, -0.2) is 0 Å². The summed E-state index contributed by atoms with van der Waals surface area (Å²) in [4.78, 5) is 0. The van der Waals surface area contributed by atoms with Gasteiger partial charge in [-0.05, 0) is 36.1 Å². The van der Waals surface area contributed by atoms with Gasteiger partial charge in [-0.2, -0.15) is 0 Å². The SMILES string of the molecule is Cc1ccccc1C(O)(CC(O)CNC(C)C)c1ccccc1C. The first-order valence-electron chi connectivity index (χ1n) is 8.60. The Morgan fingerprint density at radius 3 is 1.79 bits per heavy atom. The van der Waals surface area contributed by atoms with Gasteiger partial charge < -0.3 is 15.5 Å². The third-order valence-electron chi connectivity index (χ3n) is 4.47. The number of aliphatic hydroxyl groups is 2. The summed E-state index contributed by atoms with van der Waals surface area (Å²) in [6.07, 6.45) is -0.390. The van der Waals surface area contributed by atoms with Gasteiger partial charge in [0.2, 0.25) is 0 Å². The Kier molecular flexibility index (Phi) is 6.16. The molecule has 0 aliphatic rings. The zero-order chi connectivity index (χ0) is 17.7. The van der Waals surface area contributed by atoms with Crippen molar-refractivity contribution >= 4 is 0 Å². The van der Waals surface area contributed by atoms with E-state index in [0.29, 0.717) is 12.6 Å². The molecule has 0 heterocycles. The fraction of sp³-hybridized carbons (Fsp3) is 0.429. The molecule has 2 rings (SSSR count). The van der Waals surface area contributed by atoms with E-state index < -0.39 is 11.7 Å². The number of aryl methyl sites for hydroxylation is 2. The highest BCUT2D eigenvalue weighted by Crippen LogP contribution is 2.37. The molecule has 0 aliphatic carbocycles. The van der Waals surface area contributed by atoms with Crippen molar-refractivity contribution in [3.8, 4) is 0 Å². The van der Waals surface area contributed by atoms with E-state index >= 15 is 0 Å². The van der Waals surface area contributed by atoms with Gasteiger partial charge in [0.25, 0.3) is 0 Å².